The van der Waals surface area contributed by atoms with Crippen molar-refractivity contribution in [2.45, 2.75) is 6.04 Å². The number of hydrogen-bond acceptors (Lipinski definition) is 4. The summed E-state index contributed by atoms with van der Waals surface area (Å²) in [6.45, 7) is 0.696. The van der Waals surface area contributed by atoms with Crippen LogP contribution in [0.5, 0.6) is 0 Å². The highest BCUT2D eigenvalue weighted by Crippen LogP contribution is 2.23. The van der Waals surface area contributed by atoms with E-state index >= 15 is 0 Å². The van der Waals surface area contributed by atoms with Gasteiger partial charge in [0.1, 0.15) is 5.52 Å². The summed E-state index contributed by atoms with van der Waals surface area (Å²) in [5, 5.41) is 4.02. The first-order valence-corrected chi connectivity index (χ1v) is 7.52. The fourth-order valence-corrected chi connectivity index (χ4v) is 2.54. The predicted molar refractivity (Wildman–Crippen MR) is 90.4 cm³/mol. The molecule has 0 aliphatic heterocycles. The van der Waals surface area contributed by atoms with E-state index in [2.05, 4.69) is 15.2 Å². The lowest BCUT2D eigenvalue weighted by atomic mass is 10.1. The molecule has 114 valence electrons. The number of halogens is 1. The Morgan fingerprint density at radius 1 is 1.14 bits per heavy atom. The second-order valence-corrected chi connectivity index (χ2v) is 5.84. The first-order chi connectivity index (χ1) is 10.6. The second-order valence-electron chi connectivity index (χ2n) is 5.40. The quantitative estimate of drug-likeness (QED) is 0.766. The fourth-order valence-electron chi connectivity index (χ4n) is 2.42. The molecule has 0 radical (unpaired) electrons. The first kappa shape index (κ1) is 14.9. The average molecular weight is 316 g/mol. The summed E-state index contributed by atoms with van der Waals surface area (Å²) in [5.41, 5.74) is 2.84. The van der Waals surface area contributed by atoms with Gasteiger partial charge in [-0.3, -0.25) is 0 Å². The number of rotatable bonds is 5. The van der Waals surface area contributed by atoms with E-state index in [0.29, 0.717) is 12.6 Å². The molecule has 22 heavy (non-hydrogen) atoms. The Kier molecular flexibility index (Phi) is 4.32. The van der Waals surface area contributed by atoms with E-state index in [-0.39, 0.29) is 6.04 Å². The van der Waals surface area contributed by atoms with E-state index in [1.807, 2.05) is 62.6 Å². The Bertz CT molecular complexity index is 719. The van der Waals surface area contributed by atoms with Gasteiger partial charge >= 0.3 is 0 Å². The number of anilines is 1. The molecule has 4 nitrogen and oxygen atoms in total. The van der Waals surface area contributed by atoms with Crippen LogP contribution in [-0.4, -0.2) is 30.5 Å². The lowest BCUT2D eigenvalue weighted by Crippen LogP contribution is -2.26. The number of benzene rings is 2. The van der Waals surface area contributed by atoms with Crippen LogP contribution in [0.1, 0.15) is 11.6 Å². The third kappa shape index (κ3) is 3.24. The van der Waals surface area contributed by atoms with E-state index in [1.165, 1.54) is 5.56 Å². The van der Waals surface area contributed by atoms with Crippen LogP contribution in [0.25, 0.3) is 11.1 Å². The normalized spacial score (nSPS) is 12.7. The Hall–Kier alpha value is -2.04. The number of fused-ring (bicyclic) bond motifs is 1. The third-order valence-corrected chi connectivity index (χ3v) is 3.87. The Labute approximate surface area is 134 Å². The van der Waals surface area contributed by atoms with Crippen molar-refractivity contribution in [2.24, 2.45) is 0 Å². The standard InChI is InChI=1S/C17H18ClN3O/c1-21(2)15(12-7-9-13(18)10-8-12)11-19-17-20-14-5-3-4-6-16(14)22-17/h3-10,15H,11H2,1-2H3,(H,19,20). The van der Waals surface area contributed by atoms with Crippen LogP contribution in [0, 0.1) is 0 Å². The molecule has 1 N–H and O–H groups in total. The number of hydrogen-bond donors (Lipinski definition) is 1. The maximum atomic E-state index is 5.96. The Morgan fingerprint density at radius 3 is 2.55 bits per heavy atom. The number of para-hydroxylation sites is 2. The van der Waals surface area contributed by atoms with Crippen LogP contribution in [0.15, 0.2) is 52.9 Å². The van der Waals surface area contributed by atoms with Gasteiger partial charge in [0, 0.05) is 11.6 Å². The molecule has 1 unspecified atom stereocenters. The zero-order chi connectivity index (χ0) is 15.5. The molecule has 2 aromatic carbocycles. The summed E-state index contributed by atoms with van der Waals surface area (Å²) >= 11 is 5.96. The molecule has 0 bridgehead atoms. The van der Waals surface area contributed by atoms with Gasteiger partial charge in [-0.05, 0) is 43.9 Å². The molecule has 0 spiro atoms. The molecule has 0 aliphatic rings. The van der Waals surface area contributed by atoms with Gasteiger partial charge in [-0.25, -0.2) is 0 Å². The Balaban J connectivity index is 1.75. The molecular weight excluding hydrogens is 298 g/mol. The molecule has 1 atom stereocenters. The second kappa shape index (κ2) is 6.38. The highest BCUT2D eigenvalue weighted by Gasteiger charge is 2.15. The SMILES string of the molecule is CN(C)C(CNc1nc2ccccc2o1)c1ccc(Cl)cc1. The predicted octanol–water partition coefficient (Wildman–Crippen LogP) is 4.20. The van der Waals surface area contributed by atoms with Gasteiger partial charge in [-0.2, -0.15) is 4.98 Å². The van der Waals surface area contributed by atoms with Crippen molar-refractivity contribution in [3.05, 3.63) is 59.1 Å². The molecular formula is C17H18ClN3O. The maximum absolute atomic E-state index is 5.96. The van der Waals surface area contributed by atoms with Crippen molar-refractivity contribution in [1.29, 1.82) is 0 Å². The van der Waals surface area contributed by atoms with Crippen LogP contribution < -0.4 is 5.32 Å². The smallest absolute Gasteiger partial charge is 0.295 e. The van der Waals surface area contributed by atoms with Crippen LogP contribution in [0.3, 0.4) is 0 Å². The van der Waals surface area contributed by atoms with Crippen molar-refractivity contribution in [3.63, 3.8) is 0 Å². The molecule has 1 aromatic heterocycles. The van der Waals surface area contributed by atoms with Gasteiger partial charge in [0.2, 0.25) is 0 Å². The van der Waals surface area contributed by atoms with Crippen LogP contribution in [0.2, 0.25) is 5.02 Å². The maximum Gasteiger partial charge on any atom is 0.295 e. The number of oxazole rings is 1. The molecule has 0 fully saturated rings. The van der Waals surface area contributed by atoms with Crippen LogP contribution >= 0.6 is 11.6 Å². The van der Waals surface area contributed by atoms with Crippen LogP contribution in [-0.2, 0) is 0 Å². The molecule has 1 heterocycles. The number of nitrogens with zero attached hydrogens (tertiary/aromatic N) is 2. The molecule has 0 amide bonds. The molecule has 0 saturated carbocycles. The lowest BCUT2D eigenvalue weighted by molar-refractivity contribution is 0.310. The Morgan fingerprint density at radius 2 is 1.86 bits per heavy atom. The summed E-state index contributed by atoms with van der Waals surface area (Å²) in [7, 11) is 4.10. The minimum Gasteiger partial charge on any atom is -0.424 e. The summed E-state index contributed by atoms with van der Waals surface area (Å²) < 4.78 is 5.69. The van der Waals surface area contributed by atoms with Crippen molar-refractivity contribution in [1.82, 2.24) is 9.88 Å². The summed E-state index contributed by atoms with van der Waals surface area (Å²) in [6, 6.07) is 16.4. The highest BCUT2D eigenvalue weighted by atomic mass is 35.5. The topological polar surface area (TPSA) is 41.3 Å². The van der Waals surface area contributed by atoms with Gasteiger partial charge < -0.3 is 14.6 Å². The number of likely N-dealkylation sites (N-methyl/N-ethyl adjacent to an activating group) is 1. The van der Waals surface area contributed by atoms with Gasteiger partial charge in [0.05, 0.1) is 6.04 Å². The minimum absolute atomic E-state index is 0.201. The number of aromatic nitrogens is 1. The lowest BCUT2D eigenvalue weighted by Gasteiger charge is -2.24. The van der Waals surface area contributed by atoms with E-state index < -0.39 is 0 Å². The van der Waals surface area contributed by atoms with Gasteiger partial charge in [-0.1, -0.05) is 35.9 Å². The zero-order valence-corrected chi connectivity index (χ0v) is 13.3. The average Bonchev–Trinajstić information content (AvgIpc) is 2.91. The van der Waals surface area contributed by atoms with E-state index in [4.69, 9.17) is 16.0 Å². The molecule has 3 rings (SSSR count). The fraction of sp³-hybridized carbons (Fsp3) is 0.235. The van der Waals surface area contributed by atoms with Crippen molar-refractivity contribution < 1.29 is 4.42 Å². The minimum atomic E-state index is 0.201. The van der Waals surface area contributed by atoms with E-state index in [0.717, 1.165) is 16.1 Å². The third-order valence-electron chi connectivity index (χ3n) is 3.62. The summed E-state index contributed by atoms with van der Waals surface area (Å²) in [6.07, 6.45) is 0. The highest BCUT2D eigenvalue weighted by molar-refractivity contribution is 6.30. The molecule has 0 aliphatic carbocycles. The van der Waals surface area contributed by atoms with Gasteiger partial charge in [-0.15, -0.1) is 0 Å². The van der Waals surface area contributed by atoms with E-state index in [9.17, 15) is 0 Å². The summed E-state index contributed by atoms with van der Waals surface area (Å²) in [4.78, 5) is 6.59. The molecule has 3 aromatic rings. The van der Waals surface area contributed by atoms with Crippen LogP contribution in [0.4, 0.5) is 6.01 Å². The summed E-state index contributed by atoms with van der Waals surface area (Å²) in [5.74, 6) is 0. The zero-order valence-electron chi connectivity index (χ0n) is 12.6. The van der Waals surface area contributed by atoms with Crippen molar-refractivity contribution >= 4 is 28.7 Å². The molecule has 5 heteroatoms. The monoisotopic (exact) mass is 315 g/mol. The number of nitrogens with one attached hydrogen (secondary N) is 1. The first-order valence-electron chi connectivity index (χ1n) is 7.15. The molecule has 0 saturated heterocycles. The largest absolute Gasteiger partial charge is 0.424 e. The van der Waals surface area contributed by atoms with Gasteiger partial charge in [0.15, 0.2) is 5.58 Å². The van der Waals surface area contributed by atoms with Crippen molar-refractivity contribution in [2.75, 3.05) is 26.0 Å². The van der Waals surface area contributed by atoms with E-state index in [1.54, 1.807) is 0 Å². The van der Waals surface area contributed by atoms with Gasteiger partial charge in [0.25, 0.3) is 6.01 Å². The van der Waals surface area contributed by atoms with Crippen molar-refractivity contribution in [3.8, 4) is 0 Å².